The van der Waals surface area contributed by atoms with Gasteiger partial charge in [0.05, 0.1) is 18.6 Å². The first-order chi connectivity index (χ1) is 4.35. The molecule has 2 heteroatoms. The van der Waals surface area contributed by atoms with Gasteiger partial charge in [0.1, 0.15) is 0 Å². The van der Waals surface area contributed by atoms with Crippen LogP contribution in [0, 0.1) is 0 Å². The van der Waals surface area contributed by atoms with Crippen molar-refractivity contribution in [1.82, 2.24) is 0 Å². The number of halogens is 1. The van der Waals surface area contributed by atoms with Crippen LogP contribution in [0.2, 0.25) is 0 Å². The quantitative estimate of drug-likeness (QED) is 0.330. The molecule has 1 nitrogen and oxygen atoms in total. The summed E-state index contributed by atoms with van der Waals surface area (Å²) in [6, 6.07) is 0. The van der Waals surface area contributed by atoms with Crippen molar-refractivity contribution in [2.45, 2.75) is 6.10 Å². The summed E-state index contributed by atoms with van der Waals surface area (Å²) in [5, 5.41) is 0. The average Bonchev–Trinajstić information content (AvgIpc) is 2.70. The van der Waals surface area contributed by atoms with Gasteiger partial charge in [0.2, 0.25) is 0 Å². The van der Waals surface area contributed by atoms with E-state index in [1.165, 1.54) is 0 Å². The Hall–Kier alpha value is -0.270. The van der Waals surface area contributed by atoms with Gasteiger partial charge >= 0.3 is 0 Å². The Morgan fingerprint density at radius 3 is 2.00 bits per heavy atom. The third-order valence-corrected chi connectivity index (χ3v) is 1.09. The van der Waals surface area contributed by atoms with Crippen LogP contribution in [0.1, 0.15) is 0 Å². The minimum Gasteiger partial charge on any atom is -0.372 e. The van der Waals surface area contributed by atoms with Gasteiger partial charge in [-0.2, -0.15) is 0 Å². The second-order valence-electron chi connectivity index (χ2n) is 1.58. The van der Waals surface area contributed by atoms with Crippen molar-refractivity contribution in [3.8, 4) is 0 Å². The monoisotopic (exact) mass is 146 g/mol. The molecule has 1 aliphatic rings. The fraction of sp³-hybridized carbons (Fsp3) is 0.429. The molecule has 0 aromatic heterocycles. The number of hydrogen-bond donors (Lipinski definition) is 0. The molecule has 0 aliphatic carbocycles. The van der Waals surface area contributed by atoms with Crippen molar-refractivity contribution in [3.63, 3.8) is 0 Å². The van der Waals surface area contributed by atoms with Gasteiger partial charge in [0.25, 0.3) is 0 Å². The van der Waals surface area contributed by atoms with Crippen molar-refractivity contribution in [2.24, 2.45) is 0 Å². The summed E-state index contributed by atoms with van der Waals surface area (Å²) in [6.07, 6.45) is 3.68. The van der Waals surface area contributed by atoms with E-state index in [4.69, 9.17) is 16.3 Å². The van der Waals surface area contributed by atoms with E-state index in [2.05, 4.69) is 13.2 Å². The fourth-order valence-electron chi connectivity index (χ4n) is 0.157. The summed E-state index contributed by atoms with van der Waals surface area (Å²) in [5.41, 5.74) is 0. The zero-order valence-corrected chi connectivity index (χ0v) is 6.10. The van der Waals surface area contributed by atoms with Crippen molar-refractivity contribution >= 4 is 11.6 Å². The van der Waals surface area contributed by atoms with E-state index in [9.17, 15) is 0 Å². The highest BCUT2D eigenvalue weighted by molar-refractivity contribution is 6.18. The van der Waals surface area contributed by atoms with Crippen LogP contribution < -0.4 is 0 Å². The van der Waals surface area contributed by atoms with Crippen molar-refractivity contribution in [2.75, 3.05) is 12.5 Å². The minimum atomic E-state index is 0.400. The molecule has 0 amide bonds. The third-order valence-electron chi connectivity index (χ3n) is 0.741. The molecule has 0 aromatic rings. The highest BCUT2D eigenvalue weighted by atomic mass is 35.5. The summed E-state index contributed by atoms with van der Waals surface area (Å²) < 4.78 is 4.73. The molecule has 1 rings (SSSR count). The normalized spacial score (nSPS) is 21.2. The standard InChI is InChI=1S/C4H6.C3H5ClO/c1-3-4-2;4-1-3-2-5-3/h3-4H,1-2H2;3H,1-2H2. The van der Waals surface area contributed by atoms with Gasteiger partial charge in [-0.25, -0.2) is 0 Å². The van der Waals surface area contributed by atoms with E-state index in [-0.39, 0.29) is 0 Å². The van der Waals surface area contributed by atoms with E-state index in [1.54, 1.807) is 12.2 Å². The second kappa shape index (κ2) is 5.86. The number of rotatable bonds is 2. The lowest BCUT2D eigenvalue weighted by molar-refractivity contribution is 0.425. The van der Waals surface area contributed by atoms with Crippen LogP contribution in [0.15, 0.2) is 25.3 Å². The summed E-state index contributed by atoms with van der Waals surface area (Å²) in [4.78, 5) is 0. The first-order valence-corrected chi connectivity index (χ1v) is 3.29. The highest BCUT2D eigenvalue weighted by Gasteiger charge is 2.19. The van der Waals surface area contributed by atoms with Gasteiger partial charge in [-0.1, -0.05) is 25.3 Å². The summed E-state index contributed by atoms with van der Waals surface area (Å²) in [6.45, 7) is 7.60. The van der Waals surface area contributed by atoms with Gasteiger partial charge in [-0.05, 0) is 0 Å². The molecular formula is C7H11ClO. The van der Waals surface area contributed by atoms with Gasteiger partial charge in [-0.15, -0.1) is 11.6 Å². The van der Waals surface area contributed by atoms with E-state index in [0.29, 0.717) is 12.0 Å². The van der Waals surface area contributed by atoms with E-state index in [1.807, 2.05) is 0 Å². The molecule has 1 fully saturated rings. The highest BCUT2D eigenvalue weighted by Crippen LogP contribution is 2.08. The van der Waals surface area contributed by atoms with Gasteiger partial charge < -0.3 is 4.74 Å². The Kier molecular flexibility index (Phi) is 5.68. The molecule has 0 bridgehead atoms. The predicted molar refractivity (Wildman–Crippen MR) is 40.9 cm³/mol. The topological polar surface area (TPSA) is 12.5 Å². The smallest absolute Gasteiger partial charge is 0.0944 e. The zero-order valence-electron chi connectivity index (χ0n) is 5.35. The van der Waals surface area contributed by atoms with Crippen molar-refractivity contribution < 1.29 is 4.74 Å². The van der Waals surface area contributed by atoms with E-state index < -0.39 is 0 Å². The second-order valence-corrected chi connectivity index (χ2v) is 1.89. The van der Waals surface area contributed by atoms with E-state index >= 15 is 0 Å². The molecule has 0 aromatic carbocycles. The zero-order chi connectivity index (χ0) is 7.11. The van der Waals surface area contributed by atoms with Crippen LogP contribution in [0.5, 0.6) is 0 Å². The molecule has 1 saturated heterocycles. The Balaban J connectivity index is 0.000000148. The van der Waals surface area contributed by atoms with Gasteiger partial charge in [0.15, 0.2) is 0 Å². The SMILES string of the molecule is C=CC=C.ClCC1CO1. The van der Waals surface area contributed by atoms with Gasteiger partial charge in [0, 0.05) is 0 Å². The number of epoxide rings is 1. The molecule has 1 unspecified atom stereocenters. The first-order valence-electron chi connectivity index (χ1n) is 2.76. The van der Waals surface area contributed by atoms with Crippen LogP contribution in [0.3, 0.4) is 0 Å². The van der Waals surface area contributed by atoms with Gasteiger partial charge in [-0.3, -0.25) is 0 Å². The minimum absolute atomic E-state index is 0.400. The van der Waals surface area contributed by atoms with Crippen LogP contribution >= 0.6 is 11.6 Å². The van der Waals surface area contributed by atoms with Crippen LogP contribution in [0.25, 0.3) is 0 Å². The Bertz CT molecular complexity index is 80.9. The summed E-state index contributed by atoms with van der Waals surface area (Å²) >= 11 is 5.27. The molecule has 0 N–H and O–H groups in total. The lowest BCUT2D eigenvalue weighted by Gasteiger charge is -1.67. The largest absolute Gasteiger partial charge is 0.372 e. The molecule has 52 valence electrons. The maximum Gasteiger partial charge on any atom is 0.0944 e. The Morgan fingerprint density at radius 1 is 1.56 bits per heavy atom. The van der Waals surface area contributed by atoms with Crippen LogP contribution in [-0.4, -0.2) is 18.6 Å². The molecule has 9 heavy (non-hydrogen) atoms. The lowest BCUT2D eigenvalue weighted by Crippen LogP contribution is -1.80. The number of allylic oxidation sites excluding steroid dienone is 2. The summed E-state index contributed by atoms with van der Waals surface area (Å²) in [5.74, 6) is 0.667. The van der Waals surface area contributed by atoms with E-state index in [0.717, 1.165) is 6.61 Å². The van der Waals surface area contributed by atoms with Crippen molar-refractivity contribution in [3.05, 3.63) is 25.3 Å². The lowest BCUT2D eigenvalue weighted by atomic mass is 10.6. The summed E-state index contributed by atoms with van der Waals surface area (Å²) in [7, 11) is 0. The maximum absolute atomic E-state index is 5.27. The molecule has 1 heterocycles. The molecule has 1 atom stereocenters. The maximum atomic E-state index is 5.27. The molecule has 0 radical (unpaired) electrons. The third kappa shape index (κ3) is 7.73. The first kappa shape index (κ1) is 8.73. The number of alkyl halides is 1. The van der Waals surface area contributed by atoms with Crippen LogP contribution in [-0.2, 0) is 4.74 Å². The molecule has 0 spiro atoms. The number of hydrogen-bond acceptors (Lipinski definition) is 1. The molecule has 0 saturated carbocycles. The Morgan fingerprint density at radius 2 is 2.00 bits per heavy atom. The van der Waals surface area contributed by atoms with Crippen molar-refractivity contribution in [1.29, 1.82) is 0 Å². The fourth-order valence-corrected chi connectivity index (χ4v) is 0.335. The predicted octanol–water partition coefficient (Wildman–Crippen LogP) is 1.98. The molecule has 1 aliphatic heterocycles. The van der Waals surface area contributed by atoms with Crippen LogP contribution in [0.4, 0.5) is 0 Å². The average molecular weight is 147 g/mol. The molecular weight excluding hydrogens is 136 g/mol. The number of ether oxygens (including phenoxy) is 1. The Labute approximate surface area is 61.0 Å².